The van der Waals surface area contributed by atoms with Gasteiger partial charge in [-0.25, -0.2) is 0 Å². The number of H-pyrrole nitrogens is 1. The highest BCUT2D eigenvalue weighted by Gasteiger charge is 2.25. The van der Waals surface area contributed by atoms with E-state index in [0.29, 0.717) is 0 Å². The van der Waals surface area contributed by atoms with Gasteiger partial charge in [0, 0.05) is 65.7 Å². The van der Waals surface area contributed by atoms with Crippen molar-refractivity contribution in [3.63, 3.8) is 0 Å². The van der Waals surface area contributed by atoms with Gasteiger partial charge in [-0.3, -0.25) is 9.59 Å². The Morgan fingerprint density at radius 1 is 0.686 bits per heavy atom. The van der Waals surface area contributed by atoms with Gasteiger partial charge in [-0.15, -0.1) is 0 Å². The Balaban J connectivity index is 0.000000141. The van der Waals surface area contributed by atoms with Gasteiger partial charge in [0.2, 0.25) is 0 Å². The predicted octanol–water partition coefficient (Wildman–Crippen LogP) is 4.43. The normalized spacial score (nSPS) is 14.5. The third-order valence-corrected chi connectivity index (χ3v) is 6.81. The lowest BCUT2D eigenvalue weighted by Crippen LogP contribution is -2.32. The molecule has 0 unspecified atom stereocenters. The molecule has 0 saturated heterocycles. The molecule has 7 rings (SSSR count). The van der Waals surface area contributed by atoms with Gasteiger partial charge in [0.1, 0.15) is 0 Å². The Kier molecular flexibility index (Phi) is 5.34. The Morgan fingerprint density at radius 3 is 2.17 bits per heavy atom. The zero-order valence-electron chi connectivity index (χ0n) is 19.3. The molecule has 3 aromatic carbocycles. The lowest BCUT2D eigenvalue weighted by molar-refractivity contribution is 0.0939. The Hall–Kier alpha value is -4.32. The largest absolute Gasteiger partial charge is 0.358 e. The van der Waals surface area contributed by atoms with Gasteiger partial charge in [-0.05, 0) is 17.7 Å². The van der Waals surface area contributed by atoms with Crippen molar-refractivity contribution in [1.82, 2.24) is 20.2 Å². The molecule has 174 valence electrons. The highest BCUT2D eigenvalue weighted by molar-refractivity contribution is 6.09. The molecule has 2 amide bonds. The van der Waals surface area contributed by atoms with Crippen molar-refractivity contribution in [1.29, 1.82) is 0 Å². The molecule has 4 heterocycles. The van der Waals surface area contributed by atoms with Crippen LogP contribution in [0.2, 0.25) is 0 Å². The first-order valence-electron chi connectivity index (χ1n) is 12.0. The summed E-state index contributed by atoms with van der Waals surface area (Å²) in [6.45, 7) is 2.26. The molecule has 3 N–H and O–H groups in total. The van der Waals surface area contributed by atoms with E-state index in [-0.39, 0.29) is 11.8 Å². The monoisotopic (exact) mass is 462 g/mol. The van der Waals surface area contributed by atoms with E-state index in [2.05, 4.69) is 50.5 Å². The molecule has 2 aliphatic heterocycles. The fourth-order valence-corrected chi connectivity index (χ4v) is 5.23. The number of aromatic amines is 1. The van der Waals surface area contributed by atoms with E-state index in [1.807, 2.05) is 48.5 Å². The van der Waals surface area contributed by atoms with Gasteiger partial charge < -0.3 is 20.2 Å². The number of benzene rings is 3. The van der Waals surface area contributed by atoms with Crippen molar-refractivity contribution in [2.24, 2.45) is 0 Å². The van der Waals surface area contributed by atoms with E-state index >= 15 is 0 Å². The first kappa shape index (κ1) is 21.2. The van der Waals surface area contributed by atoms with Gasteiger partial charge in [-0.1, -0.05) is 66.7 Å². The van der Waals surface area contributed by atoms with Crippen LogP contribution in [-0.4, -0.2) is 34.5 Å². The second-order valence-corrected chi connectivity index (χ2v) is 8.95. The summed E-state index contributed by atoms with van der Waals surface area (Å²) in [5, 5.41) is 7.90. The van der Waals surface area contributed by atoms with E-state index in [1.165, 1.54) is 5.56 Å². The molecule has 0 atom stereocenters. The second kappa shape index (κ2) is 8.80. The van der Waals surface area contributed by atoms with Crippen LogP contribution in [0.25, 0.3) is 21.8 Å². The average Bonchev–Trinajstić information content (AvgIpc) is 3.43. The third-order valence-electron chi connectivity index (χ3n) is 6.81. The first-order chi connectivity index (χ1) is 17.2. The summed E-state index contributed by atoms with van der Waals surface area (Å²) in [5.74, 6) is 0.1000. The van der Waals surface area contributed by atoms with Crippen LogP contribution in [0.1, 0.15) is 37.7 Å². The molecule has 2 aromatic heterocycles. The lowest BCUT2D eigenvalue weighted by atomic mass is 10.1. The SMILES string of the molecule is O=C1NCCc2[nH]c3ccccc3c21.O=C1NCCc2c1c1ccccc1n2Cc1ccccc1. The number of carbonyl (C=O) groups is 2. The van der Waals surface area contributed by atoms with E-state index < -0.39 is 0 Å². The fourth-order valence-electron chi connectivity index (χ4n) is 5.23. The van der Waals surface area contributed by atoms with Gasteiger partial charge in [0.15, 0.2) is 0 Å². The number of carbonyl (C=O) groups excluding carboxylic acids is 2. The summed E-state index contributed by atoms with van der Waals surface area (Å²) >= 11 is 0. The molecule has 35 heavy (non-hydrogen) atoms. The van der Waals surface area contributed by atoms with E-state index in [9.17, 15) is 9.59 Å². The number of hydrogen-bond acceptors (Lipinski definition) is 2. The van der Waals surface area contributed by atoms with E-state index in [4.69, 9.17) is 0 Å². The number of amides is 2. The van der Waals surface area contributed by atoms with Crippen molar-refractivity contribution in [2.75, 3.05) is 13.1 Å². The molecule has 6 nitrogen and oxygen atoms in total. The van der Waals surface area contributed by atoms with Gasteiger partial charge in [0.25, 0.3) is 11.8 Å². The quantitative estimate of drug-likeness (QED) is 0.363. The average molecular weight is 463 g/mol. The summed E-state index contributed by atoms with van der Waals surface area (Å²) < 4.78 is 2.29. The highest BCUT2D eigenvalue weighted by Crippen LogP contribution is 2.29. The number of aromatic nitrogens is 2. The molecular formula is C29H26N4O2. The lowest BCUT2D eigenvalue weighted by Gasteiger charge is -2.16. The van der Waals surface area contributed by atoms with Crippen LogP contribution in [0.4, 0.5) is 0 Å². The standard InChI is InChI=1S/C18H16N2O.C11H10N2O/c21-18-17-14-8-4-5-9-15(14)20(16(17)10-11-19-18)12-13-6-2-1-3-7-13;14-11-10-7-3-1-2-4-8(7)13-9(10)5-6-12-11/h1-9H,10-12H2,(H,19,21);1-4,13H,5-6H2,(H,12,14). The van der Waals surface area contributed by atoms with Crippen LogP contribution in [-0.2, 0) is 19.4 Å². The third kappa shape index (κ3) is 3.77. The summed E-state index contributed by atoms with van der Waals surface area (Å²) in [4.78, 5) is 27.2. The molecule has 6 heteroatoms. The van der Waals surface area contributed by atoms with Crippen molar-refractivity contribution >= 4 is 33.6 Å². The Bertz CT molecular complexity index is 1560. The number of hydrogen-bond donors (Lipinski definition) is 3. The molecule has 0 fully saturated rings. The first-order valence-corrected chi connectivity index (χ1v) is 12.0. The minimum absolute atomic E-state index is 0.0451. The van der Waals surface area contributed by atoms with Crippen molar-refractivity contribution < 1.29 is 9.59 Å². The van der Waals surface area contributed by atoms with Gasteiger partial charge in [0.05, 0.1) is 11.1 Å². The maximum absolute atomic E-state index is 12.2. The minimum Gasteiger partial charge on any atom is -0.358 e. The molecular weight excluding hydrogens is 436 g/mol. The van der Waals surface area contributed by atoms with Crippen LogP contribution in [0.3, 0.4) is 0 Å². The molecule has 5 aromatic rings. The van der Waals surface area contributed by atoms with Crippen LogP contribution in [0, 0.1) is 0 Å². The van der Waals surface area contributed by atoms with Crippen molar-refractivity contribution in [3.8, 4) is 0 Å². The molecule has 0 bridgehead atoms. The van der Waals surface area contributed by atoms with E-state index in [1.54, 1.807) is 0 Å². The number of rotatable bonds is 2. The Labute approximate surface area is 203 Å². The van der Waals surface area contributed by atoms with Crippen molar-refractivity contribution in [3.05, 3.63) is 107 Å². The molecule has 0 aliphatic carbocycles. The van der Waals surface area contributed by atoms with Gasteiger partial charge >= 0.3 is 0 Å². The maximum Gasteiger partial charge on any atom is 0.253 e. The Morgan fingerprint density at radius 2 is 1.34 bits per heavy atom. The van der Waals surface area contributed by atoms with Crippen molar-refractivity contribution in [2.45, 2.75) is 19.4 Å². The fraction of sp³-hybridized carbons (Fsp3) is 0.172. The highest BCUT2D eigenvalue weighted by atomic mass is 16.2. The zero-order chi connectivity index (χ0) is 23.8. The molecule has 0 spiro atoms. The number of fused-ring (bicyclic) bond motifs is 6. The minimum atomic E-state index is 0.0451. The van der Waals surface area contributed by atoms with E-state index in [0.717, 1.165) is 76.8 Å². The number of para-hydroxylation sites is 2. The number of nitrogens with one attached hydrogen (secondary N) is 3. The topological polar surface area (TPSA) is 78.9 Å². The summed E-state index contributed by atoms with van der Waals surface area (Å²) in [6, 6.07) is 26.5. The van der Waals surface area contributed by atoms with Crippen LogP contribution >= 0.6 is 0 Å². The zero-order valence-corrected chi connectivity index (χ0v) is 19.3. The summed E-state index contributed by atoms with van der Waals surface area (Å²) in [6.07, 6.45) is 1.79. The molecule has 0 saturated carbocycles. The van der Waals surface area contributed by atoms with Crippen LogP contribution in [0.15, 0.2) is 78.9 Å². The smallest absolute Gasteiger partial charge is 0.253 e. The van der Waals surface area contributed by atoms with Crippen LogP contribution < -0.4 is 10.6 Å². The van der Waals surface area contributed by atoms with Gasteiger partial charge in [-0.2, -0.15) is 0 Å². The molecule has 0 radical (unpaired) electrons. The second-order valence-electron chi connectivity index (χ2n) is 8.95. The van der Waals surface area contributed by atoms with Crippen LogP contribution in [0.5, 0.6) is 0 Å². The maximum atomic E-state index is 12.2. The summed E-state index contributed by atoms with van der Waals surface area (Å²) in [5.41, 5.74) is 7.35. The number of nitrogens with zero attached hydrogens (tertiary/aromatic N) is 1. The molecule has 2 aliphatic rings. The predicted molar refractivity (Wildman–Crippen MR) is 138 cm³/mol. The summed E-state index contributed by atoms with van der Waals surface area (Å²) in [7, 11) is 0.